The van der Waals surface area contributed by atoms with Gasteiger partial charge in [0.15, 0.2) is 0 Å². The Morgan fingerprint density at radius 3 is 3.11 bits per heavy atom. The second-order valence-electron chi connectivity index (χ2n) is 4.69. The van der Waals surface area contributed by atoms with Crippen molar-refractivity contribution >= 4 is 27.3 Å². The number of thiazole rings is 1. The molecule has 0 spiro atoms. The summed E-state index contributed by atoms with van der Waals surface area (Å²) in [6, 6.07) is 6.58. The molecule has 3 rings (SSSR count). The summed E-state index contributed by atoms with van der Waals surface area (Å²) in [7, 11) is 0. The van der Waals surface area contributed by atoms with Gasteiger partial charge in [0, 0.05) is 33.8 Å². The van der Waals surface area contributed by atoms with Crippen molar-refractivity contribution in [2.24, 2.45) is 5.73 Å². The minimum absolute atomic E-state index is 0.234. The summed E-state index contributed by atoms with van der Waals surface area (Å²) >= 11 is 5.44. The molecule has 1 aromatic heterocycles. The molecule has 1 unspecified atom stereocenters. The van der Waals surface area contributed by atoms with Crippen molar-refractivity contribution in [3.05, 3.63) is 38.1 Å². The van der Waals surface area contributed by atoms with Crippen LogP contribution in [0.4, 0.5) is 0 Å². The molecule has 1 aromatic carbocycles. The fourth-order valence-electron chi connectivity index (χ4n) is 2.31. The van der Waals surface area contributed by atoms with E-state index in [1.807, 2.05) is 11.3 Å². The molecule has 2 nitrogen and oxygen atoms in total. The first-order chi connectivity index (χ1) is 8.69. The highest BCUT2D eigenvalue weighted by molar-refractivity contribution is 9.10. The van der Waals surface area contributed by atoms with Gasteiger partial charge in [-0.15, -0.1) is 11.3 Å². The van der Waals surface area contributed by atoms with Gasteiger partial charge in [-0.1, -0.05) is 35.0 Å². The number of hydrogen-bond acceptors (Lipinski definition) is 3. The summed E-state index contributed by atoms with van der Waals surface area (Å²) in [6.07, 6.45) is 2.91. The molecular weight excluding hydrogens is 308 g/mol. The van der Waals surface area contributed by atoms with Gasteiger partial charge in [0.05, 0.1) is 10.7 Å². The molecule has 1 aliphatic carbocycles. The summed E-state index contributed by atoms with van der Waals surface area (Å²) in [5.74, 6) is 0. The number of rotatable bonds is 3. The standard InChI is InChI=1S/C14H15BrN2S/c1-2-8(16)6-13-17-14-9-4-3-5-11(15)10(9)7-12(14)18-13/h3-5,8H,2,6-7,16H2,1H3. The zero-order valence-electron chi connectivity index (χ0n) is 10.2. The second-order valence-corrected chi connectivity index (χ2v) is 6.72. The molecule has 0 fully saturated rings. The predicted octanol–water partition coefficient (Wildman–Crippen LogP) is 3.76. The van der Waals surface area contributed by atoms with Crippen molar-refractivity contribution in [2.75, 3.05) is 0 Å². The maximum absolute atomic E-state index is 6.00. The van der Waals surface area contributed by atoms with E-state index in [-0.39, 0.29) is 6.04 Å². The lowest BCUT2D eigenvalue weighted by Gasteiger charge is -2.05. The lowest BCUT2D eigenvalue weighted by atomic mass is 10.1. The summed E-state index contributed by atoms with van der Waals surface area (Å²) in [5.41, 5.74) is 9.83. The highest BCUT2D eigenvalue weighted by Crippen LogP contribution is 2.42. The van der Waals surface area contributed by atoms with Gasteiger partial charge in [-0.3, -0.25) is 0 Å². The Kier molecular flexibility index (Phi) is 3.26. The van der Waals surface area contributed by atoms with E-state index >= 15 is 0 Å². The SMILES string of the molecule is CCC(N)Cc1nc2c(s1)Cc1c(Br)cccc1-2. The van der Waals surface area contributed by atoms with E-state index in [4.69, 9.17) is 10.7 Å². The Labute approximate surface area is 119 Å². The molecule has 0 saturated carbocycles. The molecule has 0 amide bonds. The van der Waals surface area contributed by atoms with Crippen LogP contribution >= 0.6 is 27.3 Å². The van der Waals surface area contributed by atoms with Gasteiger partial charge in [-0.2, -0.15) is 0 Å². The van der Waals surface area contributed by atoms with E-state index in [0.717, 1.165) is 19.3 Å². The summed E-state index contributed by atoms with van der Waals surface area (Å²) in [5, 5.41) is 1.18. The van der Waals surface area contributed by atoms with E-state index in [0.29, 0.717) is 0 Å². The van der Waals surface area contributed by atoms with Gasteiger partial charge < -0.3 is 5.73 Å². The Morgan fingerprint density at radius 1 is 1.50 bits per heavy atom. The smallest absolute Gasteiger partial charge is 0.0951 e. The van der Waals surface area contributed by atoms with Crippen LogP contribution in [0, 0.1) is 0 Å². The van der Waals surface area contributed by atoms with Gasteiger partial charge in [-0.25, -0.2) is 4.98 Å². The average Bonchev–Trinajstić information content (AvgIpc) is 2.87. The predicted molar refractivity (Wildman–Crippen MR) is 80.0 cm³/mol. The number of nitrogens with zero attached hydrogens (tertiary/aromatic N) is 1. The molecule has 2 N–H and O–H groups in total. The topological polar surface area (TPSA) is 38.9 Å². The molecule has 0 aliphatic heterocycles. The molecule has 1 heterocycles. The first kappa shape index (κ1) is 12.3. The number of nitrogens with two attached hydrogens (primary N) is 1. The third kappa shape index (κ3) is 2.02. The second kappa shape index (κ2) is 4.76. The van der Waals surface area contributed by atoms with Crippen LogP contribution in [0.15, 0.2) is 22.7 Å². The van der Waals surface area contributed by atoms with Crippen LogP contribution in [-0.2, 0) is 12.8 Å². The molecule has 18 heavy (non-hydrogen) atoms. The third-order valence-corrected chi connectivity index (χ3v) is 5.23. The minimum Gasteiger partial charge on any atom is -0.327 e. The fourth-order valence-corrected chi connectivity index (χ4v) is 4.00. The summed E-state index contributed by atoms with van der Waals surface area (Å²) < 4.78 is 1.19. The lowest BCUT2D eigenvalue weighted by molar-refractivity contribution is 0.644. The maximum atomic E-state index is 6.00. The zero-order valence-corrected chi connectivity index (χ0v) is 12.6. The maximum Gasteiger partial charge on any atom is 0.0951 e. The molecular formula is C14H15BrN2S. The summed E-state index contributed by atoms with van der Waals surface area (Å²) in [4.78, 5) is 6.16. The first-order valence-corrected chi connectivity index (χ1v) is 7.82. The minimum atomic E-state index is 0.234. The number of aromatic nitrogens is 1. The molecule has 0 bridgehead atoms. The largest absolute Gasteiger partial charge is 0.327 e. The fraction of sp³-hybridized carbons (Fsp3) is 0.357. The van der Waals surface area contributed by atoms with Crippen molar-refractivity contribution in [3.8, 4) is 11.3 Å². The lowest BCUT2D eigenvalue weighted by Crippen LogP contribution is -2.21. The number of hydrogen-bond donors (Lipinski definition) is 1. The number of benzene rings is 1. The van der Waals surface area contributed by atoms with Crippen molar-refractivity contribution in [1.82, 2.24) is 4.98 Å². The van der Waals surface area contributed by atoms with Crippen molar-refractivity contribution in [2.45, 2.75) is 32.2 Å². The van der Waals surface area contributed by atoms with Crippen LogP contribution in [0.25, 0.3) is 11.3 Å². The van der Waals surface area contributed by atoms with Crippen molar-refractivity contribution in [1.29, 1.82) is 0 Å². The number of fused-ring (bicyclic) bond motifs is 3. The zero-order chi connectivity index (χ0) is 12.7. The van der Waals surface area contributed by atoms with Crippen LogP contribution in [0.2, 0.25) is 0 Å². The van der Waals surface area contributed by atoms with Gasteiger partial charge in [0.25, 0.3) is 0 Å². The normalized spacial score (nSPS) is 14.4. The quantitative estimate of drug-likeness (QED) is 0.797. The third-order valence-electron chi connectivity index (χ3n) is 3.41. The number of halogens is 1. The van der Waals surface area contributed by atoms with Crippen LogP contribution in [0.3, 0.4) is 0 Å². The van der Waals surface area contributed by atoms with Crippen molar-refractivity contribution < 1.29 is 0 Å². The highest BCUT2D eigenvalue weighted by Gasteiger charge is 2.24. The molecule has 0 radical (unpaired) electrons. The van der Waals surface area contributed by atoms with Crippen molar-refractivity contribution in [3.63, 3.8) is 0 Å². The van der Waals surface area contributed by atoms with Gasteiger partial charge in [0.1, 0.15) is 0 Å². The Bertz CT molecular complexity index is 591. The Morgan fingerprint density at radius 2 is 2.33 bits per heavy atom. The molecule has 94 valence electrons. The monoisotopic (exact) mass is 322 g/mol. The van der Waals surface area contributed by atoms with Crippen LogP contribution in [-0.4, -0.2) is 11.0 Å². The summed E-state index contributed by atoms with van der Waals surface area (Å²) in [6.45, 7) is 2.12. The molecule has 2 aromatic rings. The molecule has 4 heteroatoms. The Balaban J connectivity index is 1.96. The average molecular weight is 323 g/mol. The first-order valence-electron chi connectivity index (χ1n) is 6.21. The van der Waals surface area contributed by atoms with E-state index in [1.54, 1.807) is 0 Å². The van der Waals surface area contributed by atoms with Gasteiger partial charge >= 0.3 is 0 Å². The van der Waals surface area contributed by atoms with Crippen LogP contribution < -0.4 is 5.73 Å². The van der Waals surface area contributed by atoms with Gasteiger partial charge in [0.2, 0.25) is 0 Å². The van der Waals surface area contributed by atoms with E-state index in [2.05, 4.69) is 41.1 Å². The molecule has 0 saturated heterocycles. The Hall–Kier alpha value is -0.710. The molecule has 1 aliphatic rings. The van der Waals surface area contributed by atoms with Gasteiger partial charge in [-0.05, 0) is 18.1 Å². The highest BCUT2D eigenvalue weighted by atomic mass is 79.9. The van der Waals surface area contributed by atoms with E-state index in [1.165, 1.54) is 31.2 Å². The van der Waals surface area contributed by atoms with E-state index in [9.17, 15) is 0 Å². The van der Waals surface area contributed by atoms with Crippen LogP contribution in [0.5, 0.6) is 0 Å². The van der Waals surface area contributed by atoms with Crippen LogP contribution in [0.1, 0.15) is 28.8 Å². The van der Waals surface area contributed by atoms with E-state index < -0.39 is 0 Å². The molecule has 1 atom stereocenters.